The van der Waals surface area contributed by atoms with Crippen molar-refractivity contribution in [1.29, 1.82) is 0 Å². The van der Waals surface area contributed by atoms with Crippen molar-refractivity contribution in [3.63, 3.8) is 0 Å². The molecule has 0 spiro atoms. The fourth-order valence-electron chi connectivity index (χ4n) is 2.08. The van der Waals surface area contributed by atoms with Crippen LogP contribution in [0.3, 0.4) is 0 Å². The van der Waals surface area contributed by atoms with E-state index >= 15 is 0 Å². The molecule has 1 saturated heterocycles. The zero-order valence-corrected chi connectivity index (χ0v) is 15.8. The lowest BCUT2D eigenvalue weighted by Crippen LogP contribution is -2.29. The Morgan fingerprint density at radius 2 is 2.21 bits per heavy atom. The smallest absolute Gasteiger partial charge is 0.303 e. The number of carboxylic acids is 1. The van der Waals surface area contributed by atoms with E-state index in [1.54, 1.807) is 18.2 Å². The van der Waals surface area contributed by atoms with Gasteiger partial charge in [-0.05, 0) is 24.6 Å². The average molecular weight is 432 g/mol. The number of halogens is 1. The molecule has 6 nitrogen and oxygen atoms in total. The van der Waals surface area contributed by atoms with Crippen molar-refractivity contribution in [3.05, 3.63) is 27.1 Å². The first-order valence-electron chi connectivity index (χ1n) is 6.87. The third kappa shape index (κ3) is 4.08. The number of carbonyl (C=O) groups excluding carboxylic acids is 1. The van der Waals surface area contributed by atoms with Gasteiger partial charge in [0.15, 0.2) is 11.5 Å². The van der Waals surface area contributed by atoms with E-state index in [1.165, 1.54) is 12.0 Å². The molecule has 1 aliphatic heterocycles. The van der Waals surface area contributed by atoms with E-state index in [-0.39, 0.29) is 24.6 Å². The number of phenolic OH excluding ortho intramolecular Hbond substituents is 1. The lowest BCUT2D eigenvalue weighted by molar-refractivity contribution is -0.137. The summed E-state index contributed by atoms with van der Waals surface area (Å²) in [4.78, 5) is 24.8. The maximum atomic E-state index is 12.4. The molecule has 0 radical (unpaired) electrons. The summed E-state index contributed by atoms with van der Waals surface area (Å²) in [6.45, 7) is 0.250. The molecule has 0 atom stereocenters. The summed E-state index contributed by atoms with van der Waals surface area (Å²) >= 11 is 9.63. The molecule has 9 heteroatoms. The number of nitrogens with zero attached hydrogens (tertiary/aromatic N) is 1. The molecular weight excluding hydrogens is 418 g/mol. The molecule has 0 bridgehead atoms. The van der Waals surface area contributed by atoms with Gasteiger partial charge in [-0.2, -0.15) is 0 Å². The highest BCUT2D eigenvalue weighted by molar-refractivity contribution is 9.10. The van der Waals surface area contributed by atoms with Crippen LogP contribution in [0, 0.1) is 0 Å². The van der Waals surface area contributed by atoms with Crippen molar-refractivity contribution < 1.29 is 24.5 Å². The summed E-state index contributed by atoms with van der Waals surface area (Å²) in [6.07, 6.45) is 1.83. The Balaban J connectivity index is 2.24. The molecule has 1 aromatic rings. The molecule has 1 amide bonds. The van der Waals surface area contributed by atoms with Crippen LogP contribution in [0.1, 0.15) is 18.4 Å². The van der Waals surface area contributed by atoms with Gasteiger partial charge < -0.3 is 14.9 Å². The van der Waals surface area contributed by atoms with Gasteiger partial charge in [-0.25, -0.2) is 0 Å². The highest BCUT2D eigenvalue weighted by atomic mass is 79.9. The summed E-state index contributed by atoms with van der Waals surface area (Å²) in [5, 5.41) is 18.9. The molecule has 0 aliphatic carbocycles. The molecule has 24 heavy (non-hydrogen) atoms. The number of phenols is 1. The fraction of sp³-hybridized carbons (Fsp3) is 0.267. The minimum absolute atomic E-state index is 0.0294. The van der Waals surface area contributed by atoms with E-state index in [1.807, 2.05) is 0 Å². The van der Waals surface area contributed by atoms with Crippen LogP contribution >= 0.6 is 39.9 Å². The van der Waals surface area contributed by atoms with E-state index in [9.17, 15) is 14.7 Å². The molecule has 2 N–H and O–H groups in total. The molecule has 1 fully saturated rings. The number of methoxy groups -OCH3 is 1. The SMILES string of the molecule is COc1ccc(Br)c(/C=C2\SC(=S)N(CCCC(=O)O)C2=O)c1O. The van der Waals surface area contributed by atoms with Crippen LogP contribution in [0.5, 0.6) is 11.5 Å². The van der Waals surface area contributed by atoms with E-state index in [0.717, 1.165) is 11.8 Å². The van der Waals surface area contributed by atoms with Crippen molar-refractivity contribution in [2.45, 2.75) is 12.8 Å². The lowest BCUT2D eigenvalue weighted by atomic mass is 10.1. The fourth-order valence-corrected chi connectivity index (χ4v) is 3.80. The van der Waals surface area contributed by atoms with Gasteiger partial charge in [0, 0.05) is 23.0 Å². The topological polar surface area (TPSA) is 87.1 Å². The molecule has 0 unspecified atom stereocenters. The Morgan fingerprint density at radius 3 is 2.83 bits per heavy atom. The number of carbonyl (C=O) groups is 2. The van der Waals surface area contributed by atoms with Crippen LogP contribution in [0.2, 0.25) is 0 Å². The van der Waals surface area contributed by atoms with Crippen molar-refractivity contribution in [1.82, 2.24) is 4.90 Å². The van der Waals surface area contributed by atoms with E-state index < -0.39 is 5.97 Å². The quantitative estimate of drug-likeness (QED) is 0.527. The number of thiocarbonyl (C=S) groups is 1. The van der Waals surface area contributed by atoms with Crippen molar-refractivity contribution in [2.75, 3.05) is 13.7 Å². The predicted molar refractivity (Wildman–Crippen MR) is 99.1 cm³/mol. The monoisotopic (exact) mass is 431 g/mol. The minimum Gasteiger partial charge on any atom is -0.504 e. The largest absolute Gasteiger partial charge is 0.504 e. The molecule has 0 aromatic heterocycles. The Bertz CT molecular complexity index is 735. The summed E-state index contributed by atoms with van der Waals surface area (Å²) in [7, 11) is 1.44. The zero-order chi connectivity index (χ0) is 17.9. The Morgan fingerprint density at radius 1 is 1.50 bits per heavy atom. The van der Waals surface area contributed by atoms with Crippen LogP contribution in [-0.2, 0) is 9.59 Å². The van der Waals surface area contributed by atoms with E-state index in [0.29, 0.717) is 31.4 Å². The van der Waals surface area contributed by atoms with Gasteiger partial charge in [0.05, 0.1) is 12.0 Å². The van der Waals surface area contributed by atoms with E-state index in [2.05, 4.69) is 15.9 Å². The lowest BCUT2D eigenvalue weighted by Gasteiger charge is -2.13. The third-order valence-corrected chi connectivity index (χ3v) is 5.34. The molecule has 1 aromatic carbocycles. The second-order valence-corrected chi connectivity index (χ2v) is 7.37. The van der Waals surface area contributed by atoms with E-state index in [4.69, 9.17) is 22.1 Å². The van der Waals surface area contributed by atoms with Gasteiger partial charge in [0.25, 0.3) is 5.91 Å². The highest BCUT2D eigenvalue weighted by Crippen LogP contribution is 2.40. The molecule has 128 valence electrons. The number of aromatic hydroxyl groups is 1. The number of amides is 1. The number of ether oxygens (including phenoxy) is 1. The minimum atomic E-state index is -0.916. The van der Waals surface area contributed by atoms with Gasteiger partial charge in [-0.3, -0.25) is 14.5 Å². The van der Waals surface area contributed by atoms with Crippen LogP contribution < -0.4 is 4.74 Å². The van der Waals surface area contributed by atoms with Gasteiger partial charge in [-0.15, -0.1) is 0 Å². The number of hydrogen-bond donors (Lipinski definition) is 2. The van der Waals surface area contributed by atoms with Crippen LogP contribution in [0.4, 0.5) is 0 Å². The Hall–Kier alpha value is -1.58. The average Bonchev–Trinajstić information content (AvgIpc) is 2.78. The molecular formula is C15H14BrNO5S2. The van der Waals surface area contributed by atoms with Gasteiger partial charge >= 0.3 is 5.97 Å². The predicted octanol–water partition coefficient (Wildman–Crippen LogP) is 3.23. The van der Waals surface area contributed by atoms with Gasteiger partial charge in [0.2, 0.25) is 0 Å². The van der Waals surface area contributed by atoms with Gasteiger partial charge in [0.1, 0.15) is 4.32 Å². The van der Waals surface area contributed by atoms with Crippen LogP contribution in [0.25, 0.3) is 6.08 Å². The number of benzene rings is 1. The number of carboxylic acid groups (broad SMARTS) is 1. The highest BCUT2D eigenvalue weighted by Gasteiger charge is 2.32. The first-order chi connectivity index (χ1) is 11.3. The maximum Gasteiger partial charge on any atom is 0.303 e. The number of thioether (sulfide) groups is 1. The first kappa shape index (κ1) is 18.8. The Kier molecular flexibility index (Phi) is 6.25. The van der Waals surface area contributed by atoms with Crippen molar-refractivity contribution in [3.8, 4) is 11.5 Å². The summed E-state index contributed by atoms with van der Waals surface area (Å²) in [6, 6.07) is 3.31. The number of aliphatic carboxylic acids is 1. The standard InChI is InChI=1S/C15H14BrNO5S2/c1-22-10-5-4-9(16)8(13(10)20)7-11-14(21)17(15(23)24-11)6-2-3-12(18)19/h4-5,7,20H,2-3,6H2,1H3,(H,18,19)/b11-7-. The summed E-state index contributed by atoms with van der Waals surface area (Å²) in [5.74, 6) is -1.00. The first-order valence-corrected chi connectivity index (χ1v) is 8.89. The maximum absolute atomic E-state index is 12.4. The van der Waals surface area contributed by atoms with Gasteiger partial charge in [-0.1, -0.05) is 39.9 Å². The van der Waals surface area contributed by atoms with Crippen molar-refractivity contribution >= 4 is 62.2 Å². The normalized spacial score (nSPS) is 16.1. The third-order valence-electron chi connectivity index (χ3n) is 3.27. The zero-order valence-electron chi connectivity index (χ0n) is 12.6. The molecule has 0 saturated carbocycles. The summed E-state index contributed by atoms with van der Waals surface area (Å²) < 4.78 is 6.04. The number of rotatable bonds is 6. The summed E-state index contributed by atoms with van der Waals surface area (Å²) in [5.41, 5.74) is 0.417. The van der Waals surface area contributed by atoms with Crippen molar-refractivity contribution in [2.24, 2.45) is 0 Å². The molecule has 1 aliphatic rings. The van der Waals surface area contributed by atoms with Crippen LogP contribution in [0.15, 0.2) is 21.5 Å². The molecule has 1 heterocycles. The molecule has 2 rings (SSSR count). The van der Waals surface area contributed by atoms with Crippen LogP contribution in [-0.4, -0.2) is 45.0 Å². The number of hydrogen-bond acceptors (Lipinski definition) is 6. The second kappa shape index (κ2) is 8.00. The second-order valence-electron chi connectivity index (χ2n) is 4.84. The Labute approximate surface area is 156 Å².